The summed E-state index contributed by atoms with van der Waals surface area (Å²) >= 11 is 0. The quantitative estimate of drug-likeness (QED) is 0.290. The van der Waals surface area contributed by atoms with Crippen LogP contribution < -0.4 is 5.56 Å². The van der Waals surface area contributed by atoms with Gasteiger partial charge in [-0.1, -0.05) is 69.3 Å². The van der Waals surface area contributed by atoms with Crippen molar-refractivity contribution in [3.8, 4) is 5.69 Å². The summed E-state index contributed by atoms with van der Waals surface area (Å²) in [4.78, 5) is 13.4. The minimum Gasteiger partial charge on any atom is -0.416 e. The largest absolute Gasteiger partial charge is 0.416 e. The van der Waals surface area contributed by atoms with Crippen LogP contribution in [0.15, 0.2) is 77.7 Å². The Labute approximate surface area is 204 Å². The molecule has 2 aromatic heterocycles. The van der Waals surface area contributed by atoms with Crippen LogP contribution in [0.3, 0.4) is 0 Å². The monoisotopic (exact) mass is 472 g/mol. The number of hydrogen-bond donors (Lipinski definition) is 0. The van der Waals surface area contributed by atoms with Gasteiger partial charge in [0.25, 0.3) is 5.56 Å². The molecular formula is C29H36N2O2Si. The van der Waals surface area contributed by atoms with Crippen molar-refractivity contribution in [3.05, 3.63) is 100 Å². The van der Waals surface area contributed by atoms with E-state index < -0.39 is 8.32 Å². The molecule has 0 fully saturated rings. The van der Waals surface area contributed by atoms with Gasteiger partial charge in [0.2, 0.25) is 0 Å². The Morgan fingerprint density at radius 1 is 0.971 bits per heavy atom. The van der Waals surface area contributed by atoms with Crippen LogP contribution in [0.25, 0.3) is 16.6 Å². The maximum Gasteiger partial charge on any atom is 0.275 e. The molecule has 1 atom stereocenters. The van der Waals surface area contributed by atoms with Crippen LogP contribution in [0.1, 0.15) is 43.5 Å². The van der Waals surface area contributed by atoms with E-state index in [1.807, 2.05) is 37.5 Å². The van der Waals surface area contributed by atoms with Gasteiger partial charge < -0.3 is 13.6 Å². The van der Waals surface area contributed by atoms with Crippen molar-refractivity contribution in [3.63, 3.8) is 0 Å². The smallest absolute Gasteiger partial charge is 0.275 e. The molecule has 0 spiro atoms. The third-order valence-electron chi connectivity index (χ3n) is 7.39. The van der Waals surface area contributed by atoms with Crippen molar-refractivity contribution in [2.24, 2.45) is 7.05 Å². The molecule has 5 heteroatoms. The number of pyridine rings is 1. The molecule has 34 heavy (non-hydrogen) atoms. The number of para-hydroxylation sites is 1. The van der Waals surface area contributed by atoms with Crippen LogP contribution in [0.4, 0.5) is 0 Å². The normalized spacial score (nSPS) is 13.4. The lowest BCUT2D eigenvalue weighted by molar-refractivity contribution is 0.273. The molecule has 4 rings (SSSR count). The third kappa shape index (κ3) is 4.42. The first-order valence-corrected chi connectivity index (χ1v) is 14.9. The summed E-state index contributed by atoms with van der Waals surface area (Å²) in [7, 11) is -0.164. The van der Waals surface area contributed by atoms with Crippen LogP contribution in [-0.2, 0) is 11.5 Å². The highest BCUT2D eigenvalue weighted by atomic mass is 28.4. The number of nitrogens with zero attached hydrogens (tertiary/aromatic N) is 2. The molecule has 4 aromatic rings. The Morgan fingerprint density at radius 3 is 2.26 bits per heavy atom. The lowest BCUT2D eigenvalue weighted by Gasteiger charge is -2.37. The van der Waals surface area contributed by atoms with Gasteiger partial charge >= 0.3 is 0 Å². The van der Waals surface area contributed by atoms with E-state index in [1.165, 1.54) is 5.56 Å². The number of fused-ring (bicyclic) bond motifs is 1. The maximum atomic E-state index is 13.4. The second-order valence-electron chi connectivity index (χ2n) is 10.8. The lowest BCUT2D eigenvalue weighted by Crippen LogP contribution is -2.42. The summed E-state index contributed by atoms with van der Waals surface area (Å²) in [5.74, 6) is -0.00737. The van der Waals surface area contributed by atoms with E-state index in [2.05, 4.69) is 87.8 Å². The molecule has 4 nitrogen and oxygen atoms in total. The second kappa shape index (κ2) is 9.04. The van der Waals surface area contributed by atoms with Gasteiger partial charge in [-0.15, -0.1) is 0 Å². The molecule has 0 radical (unpaired) electrons. The van der Waals surface area contributed by atoms with E-state index in [1.54, 1.807) is 4.57 Å². The fourth-order valence-electron chi connectivity index (χ4n) is 4.20. The Kier molecular flexibility index (Phi) is 6.45. The Bertz CT molecular complexity index is 1360. The van der Waals surface area contributed by atoms with Crippen molar-refractivity contribution in [1.82, 2.24) is 9.13 Å². The van der Waals surface area contributed by atoms with Crippen LogP contribution in [0.5, 0.6) is 0 Å². The predicted octanol–water partition coefficient (Wildman–Crippen LogP) is 6.79. The summed E-state index contributed by atoms with van der Waals surface area (Å²) in [6, 6.07) is 23.0. The zero-order valence-electron chi connectivity index (χ0n) is 21.4. The first-order chi connectivity index (χ1) is 16.0. The van der Waals surface area contributed by atoms with E-state index in [9.17, 15) is 4.79 Å². The summed E-state index contributed by atoms with van der Waals surface area (Å²) in [6.45, 7) is 14.1. The third-order valence-corrected chi connectivity index (χ3v) is 11.9. The first kappa shape index (κ1) is 24.2. The predicted molar refractivity (Wildman–Crippen MR) is 145 cm³/mol. The Morgan fingerprint density at radius 2 is 1.62 bits per heavy atom. The highest BCUT2D eigenvalue weighted by Crippen LogP contribution is 2.39. The molecule has 0 N–H and O–H groups in total. The molecule has 0 saturated heterocycles. The molecular weight excluding hydrogens is 436 g/mol. The number of hydrogen-bond acceptors (Lipinski definition) is 2. The molecule has 0 amide bonds. The van der Waals surface area contributed by atoms with E-state index in [0.29, 0.717) is 12.1 Å². The van der Waals surface area contributed by atoms with E-state index in [0.717, 1.165) is 22.3 Å². The molecule has 0 aliphatic carbocycles. The minimum absolute atomic E-state index is 0.00382. The summed E-state index contributed by atoms with van der Waals surface area (Å²) in [5.41, 5.74) is 5.15. The highest BCUT2D eigenvalue weighted by molar-refractivity contribution is 6.74. The fourth-order valence-corrected chi connectivity index (χ4v) is 5.22. The van der Waals surface area contributed by atoms with Gasteiger partial charge in [0.05, 0.1) is 0 Å². The van der Waals surface area contributed by atoms with E-state index >= 15 is 0 Å². The number of rotatable bonds is 6. The fraction of sp³-hybridized carbons (Fsp3) is 0.345. The highest BCUT2D eigenvalue weighted by Gasteiger charge is 2.38. The summed E-state index contributed by atoms with van der Waals surface area (Å²) in [5, 5.41) is 1.07. The van der Waals surface area contributed by atoms with Gasteiger partial charge in [-0.25, -0.2) is 0 Å². The minimum atomic E-state index is -1.98. The van der Waals surface area contributed by atoms with Crippen LogP contribution in [0.2, 0.25) is 18.1 Å². The number of benzene rings is 2. The maximum absolute atomic E-state index is 13.4. The van der Waals surface area contributed by atoms with Gasteiger partial charge in [-0.3, -0.25) is 4.79 Å². The topological polar surface area (TPSA) is 36.2 Å². The summed E-state index contributed by atoms with van der Waals surface area (Å²) in [6.07, 6.45) is 1.85. The number of aromatic nitrogens is 2. The Hall–Kier alpha value is -2.89. The van der Waals surface area contributed by atoms with Crippen molar-refractivity contribution in [2.75, 3.05) is 6.61 Å². The average molecular weight is 473 g/mol. The van der Waals surface area contributed by atoms with E-state index in [4.69, 9.17) is 4.43 Å². The summed E-state index contributed by atoms with van der Waals surface area (Å²) < 4.78 is 10.6. The zero-order valence-corrected chi connectivity index (χ0v) is 22.4. The van der Waals surface area contributed by atoms with E-state index in [-0.39, 0.29) is 16.5 Å². The lowest BCUT2D eigenvalue weighted by atomic mass is 9.96. The molecule has 2 heterocycles. The van der Waals surface area contributed by atoms with Gasteiger partial charge in [-0.2, -0.15) is 0 Å². The van der Waals surface area contributed by atoms with Crippen molar-refractivity contribution in [1.29, 1.82) is 0 Å². The van der Waals surface area contributed by atoms with Crippen LogP contribution in [0, 0.1) is 6.92 Å². The van der Waals surface area contributed by atoms with Crippen molar-refractivity contribution < 1.29 is 4.43 Å². The molecule has 0 saturated carbocycles. The van der Waals surface area contributed by atoms with Crippen molar-refractivity contribution in [2.45, 2.75) is 51.7 Å². The van der Waals surface area contributed by atoms with Crippen LogP contribution in [-0.4, -0.2) is 24.1 Å². The molecule has 178 valence electrons. The average Bonchev–Trinajstić information content (AvgIpc) is 3.16. The van der Waals surface area contributed by atoms with Crippen molar-refractivity contribution >= 4 is 19.2 Å². The Balaban J connectivity index is 1.97. The molecule has 1 unspecified atom stereocenters. The first-order valence-electron chi connectivity index (χ1n) is 12.0. The molecule has 0 aliphatic rings. The van der Waals surface area contributed by atoms with Gasteiger partial charge in [0.15, 0.2) is 8.32 Å². The molecule has 2 aromatic carbocycles. The second-order valence-corrected chi connectivity index (χ2v) is 15.6. The van der Waals surface area contributed by atoms with Gasteiger partial charge in [0, 0.05) is 42.5 Å². The van der Waals surface area contributed by atoms with Crippen LogP contribution >= 0.6 is 0 Å². The molecule has 0 bridgehead atoms. The van der Waals surface area contributed by atoms with Gasteiger partial charge in [-0.05, 0) is 54.4 Å². The standard InChI is InChI=1S/C29H36N2O2Si/c1-21-13-11-12-16-25(21)31-26(19-23-17-18-30(5)28(32)27(23)31)24(22-14-9-8-10-15-22)20-33-34(6,7)29(2,3)4/h8-19,24H,20H2,1-7H3. The SMILES string of the molecule is Cc1ccccc1-n1c(C(CO[Si](C)(C)C(C)(C)C)c2ccccc2)cc2ccn(C)c(=O)c21. The number of aryl methyl sites for hydroxylation is 2. The molecule has 0 aliphatic heterocycles. The zero-order chi connectivity index (χ0) is 24.7. The van der Waals surface area contributed by atoms with Gasteiger partial charge in [0.1, 0.15) is 5.52 Å².